The Labute approximate surface area is 138 Å². The van der Waals surface area contributed by atoms with Crippen molar-refractivity contribution in [2.75, 3.05) is 4.90 Å². The van der Waals surface area contributed by atoms with E-state index < -0.39 is 0 Å². The number of H-pyrrole nitrogens is 1. The highest BCUT2D eigenvalue weighted by molar-refractivity contribution is 5.87. The summed E-state index contributed by atoms with van der Waals surface area (Å²) >= 11 is 0. The fraction of sp³-hybridized carbons (Fsp3) is 0.111. The minimum absolute atomic E-state index is 0.731. The van der Waals surface area contributed by atoms with Gasteiger partial charge in [0.1, 0.15) is 17.8 Å². The van der Waals surface area contributed by atoms with Gasteiger partial charge in [-0.25, -0.2) is 19.9 Å². The van der Waals surface area contributed by atoms with Gasteiger partial charge in [0.2, 0.25) is 0 Å². The summed E-state index contributed by atoms with van der Waals surface area (Å²) < 4.78 is 0. The largest absolute Gasteiger partial charge is 0.346 e. The number of anilines is 1. The molecule has 0 radical (unpaired) electrons. The normalized spacial score (nSPS) is 13.4. The molecule has 0 fully saturated rings. The summed E-state index contributed by atoms with van der Waals surface area (Å²) in [4.78, 5) is 23.4. The molecule has 4 heterocycles. The van der Waals surface area contributed by atoms with Gasteiger partial charge in [0.05, 0.1) is 17.6 Å². The van der Waals surface area contributed by atoms with Gasteiger partial charge in [0.25, 0.3) is 0 Å². The number of aromatic amines is 1. The molecule has 0 spiro atoms. The molecule has 0 atom stereocenters. The first-order chi connectivity index (χ1) is 11.9. The van der Waals surface area contributed by atoms with Crippen molar-refractivity contribution >= 4 is 16.9 Å². The first-order valence-corrected chi connectivity index (χ1v) is 7.82. The number of nitrogens with one attached hydrogen (secondary N) is 1. The van der Waals surface area contributed by atoms with Gasteiger partial charge in [0, 0.05) is 30.1 Å². The summed E-state index contributed by atoms with van der Waals surface area (Å²) in [6, 6.07) is 12.1. The molecule has 0 unspecified atom stereocenters. The van der Waals surface area contributed by atoms with E-state index in [1.165, 1.54) is 0 Å². The Balaban J connectivity index is 1.52. The van der Waals surface area contributed by atoms with E-state index in [0.29, 0.717) is 0 Å². The molecule has 0 aliphatic carbocycles. The third kappa shape index (κ3) is 2.04. The summed E-state index contributed by atoms with van der Waals surface area (Å²) in [5.74, 6) is 1.70. The van der Waals surface area contributed by atoms with Crippen LogP contribution in [0.1, 0.15) is 11.3 Å². The maximum Gasteiger partial charge on any atom is 0.159 e. The van der Waals surface area contributed by atoms with Crippen LogP contribution in [-0.4, -0.2) is 24.9 Å². The maximum atomic E-state index is 4.76. The Kier molecular flexibility index (Phi) is 2.82. The monoisotopic (exact) mass is 314 g/mol. The molecule has 3 aromatic heterocycles. The highest BCUT2D eigenvalue weighted by Crippen LogP contribution is 2.30. The second-order valence-corrected chi connectivity index (χ2v) is 5.82. The molecular weight excluding hydrogens is 300 g/mol. The number of rotatable bonds is 2. The minimum Gasteiger partial charge on any atom is -0.346 e. The van der Waals surface area contributed by atoms with Crippen LogP contribution < -0.4 is 4.90 Å². The number of fused-ring (bicyclic) bond motifs is 2. The van der Waals surface area contributed by atoms with Crippen LogP contribution in [0.2, 0.25) is 0 Å². The fourth-order valence-electron chi connectivity index (χ4n) is 3.14. The predicted octanol–water partition coefficient (Wildman–Crippen LogP) is 2.94. The van der Waals surface area contributed by atoms with Gasteiger partial charge in [-0.15, -0.1) is 0 Å². The average Bonchev–Trinajstić information content (AvgIpc) is 3.28. The molecule has 0 saturated carbocycles. The fourth-order valence-corrected chi connectivity index (χ4v) is 3.14. The number of aromatic nitrogens is 5. The summed E-state index contributed by atoms with van der Waals surface area (Å²) in [7, 11) is 0. The Bertz CT molecular complexity index is 1020. The van der Waals surface area contributed by atoms with E-state index >= 15 is 0 Å². The summed E-state index contributed by atoms with van der Waals surface area (Å²) in [6.07, 6.45) is 5.41. The van der Waals surface area contributed by atoms with Crippen LogP contribution in [0.5, 0.6) is 0 Å². The summed E-state index contributed by atoms with van der Waals surface area (Å²) in [5, 5.41) is 1.03. The molecule has 5 rings (SSSR count). The predicted molar refractivity (Wildman–Crippen MR) is 91.2 cm³/mol. The van der Waals surface area contributed by atoms with Crippen molar-refractivity contribution in [2.45, 2.75) is 13.1 Å². The first-order valence-electron chi connectivity index (χ1n) is 7.82. The number of hydrogen-bond donors (Lipinski definition) is 1. The molecule has 1 N–H and O–H groups in total. The number of nitrogens with zero attached hydrogens (tertiary/aromatic N) is 5. The second kappa shape index (κ2) is 5.13. The zero-order chi connectivity index (χ0) is 15.9. The SMILES string of the molecule is c1ccc(-c2ncc3c(n2)CN(c2ncnc4[nH]ccc24)C3)cc1. The maximum absolute atomic E-state index is 4.76. The highest BCUT2D eigenvalue weighted by Gasteiger charge is 2.24. The van der Waals surface area contributed by atoms with Crippen molar-refractivity contribution in [2.24, 2.45) is 0 Å². The van der Waals surface area contributed by atoms with E-state index in [1.807, 2.05) is 48.8 Å². The van der Waals surface area contributed by atoms with Crippen molar-refractivity contribution in [3.63, 3.8) is 0 Å². The van der Waals surface area contributed by atoms with E-state index in [9.17, 15) is 0 Å². The first kappa shape index (κ1) is 13.2. The van der Waals surface area contributed by atoms with Crippen LogP contribution in [0, 0.1) is 0 Å². The highest BCUT2D eigenvalue weighted by atomic mass is 15.2. The molecule has 6 nitrogen and oxygen atoms in total. The molecule has 1 aromatic carbocycles. The van der Waals surface area contributed by atoms with Gasteiger partial charge >= 0.3 is 0 Å². The van der Waals surface area contributed by atoms with Gasteiger partial charge in [-0.1, -0.05) is 30.3 Å². The van der Waals surface area contributed by atoms with E-state index in [-0.39, 0.29) is 0 Å². The molecule has 1 aliphatic heterocycles. The molecule has 4 aromatic rings. The van der Waals surface area contributed by atoms with Crippen molar-refractivity contribution < 1.29 is 0 Å². The van der Waals surface area contributed by atoms with Crippen molar-refractivity contribution in [1.29, 1.82) is 0 Å². The third-order valence-electron chi connectivity index (χ3n) is 4.32. The van der Waals surface area contributed by atoms with Crippen LogP contribution in [0.25, 0.3) is 22.4 Å². The van der Waals surface area contributed by atoms with Crippen LogP contribution in [-0.2, 0) is 13.1 Å². The zero-order valence-electron chi connectivity index (χ0n) is 12.8. The lowest BCUT2D eigenvalue weighted by Gasteiger charge is -2.16. The van der Waals surface area contributed by atoms with Gasteiger partial charge in [-0.3, -0.25) is 0 Å². The Hall–Kier alpha value is -3.28. The smallest absolute Gasteiger partial charge is 0.159 e. The lowest BCUT2D eigenvalue weighted by molar-refractivity contribution is 0.851. The summed E-state index contributed by atoms with van der Waals surface area (Å²) in [6.45, 7) is 1.50. The topological polar surface area (TPSA) is 70.6 Å². The molecular formula is C18H14N6. The molecule has 116 valence electrons. The lowest BCUT2D eigenvalue weighted by Crippen LogP contribution is -2.16. The number of hydrogen-bond acceptors (Lipinski definition) is 5. The van der Waals surface area contributed by atoms with E-state index in [0.717, 1.165) is 52.6 Å². The Morgan fingerprint density at radius 3 is 2.79 bits per heavy atom. The van der Waals surface area contributed by atoms with Crippen LogP contribution in [0.15, 0.2) is 55.1 Å². The molecule has 24 heavy (non-hydrogen) atoms. The molecule has 0 bridgehead atoms. The van der Waals surface area contributed by atoms with E-state index in [4.69, 9.17) is 4.98 Å². The van der Waals surface area contributed by atoms with Gasteiger partial charge in [-0.05, 0) is 6.07 Å². The van der Waals surface area contributed by atoms with E-state index in [2.05, 4.69) is 24.8 Å². The molecule has 0 amide bonds. The van der Waals surface area contributed by atoms with Gasteiger partial charge in [0.15, 0.2) is 5.82 Å². The van der Waals surface area contributed by atoms with Crippen LogP contribution in [0.4, 0.5) is 5.82 Å². The zero-order valence-corrected chi connectivity index (χ0v) is 12.8. The van der Waals surface area contributed by atoms with Gasteiger partial charge in [-0.2, -0.15) is 0 Å². The Morgan fingerprint density at radius 1 is 0.958 bits per heavy atom. The third-order valence-corrected chi connectivity index (χ3v) is 4.32. The quantitative estimate of drug-likeness (QED) is 0.616. The minimum atomic E-state index is 0.731. The molecule has 6 heteroatoms. The number of benzene rings is 1. The van der Waals surface area contributed by atoms with Gasteiger partial charge < -0.3 is 9.88 Å². The van der Waals surface area contributed by atoms with Crippen LogP contribution in [0.3, 0.4) is 0 Å². The summed E-state index contributed by atoms with van der Waals surface area (Å²) in [5.41, 5.74) is 4.10. The average molecular weight is 314 g/mol. The van der Waals surface area contributed by atoms with Crippen LogP contribution >= 0.6 is 0 Å². The molecule has 1 aliphatic rings. The Morgan fingerprint density at radius 2 is 1.88 bits per heavy atom. The van der Waals surface area contributed by atoms with Crippen molar-refractivity contribution in [3.05, 3.63) is 66.4 Å². The second-order valence-electron chi connectivity index (χ2n) is 5.82. The van der Waals surface area contributed by atoms with E-state index in [1.54, 1.807) is 6.33 Å². The van der Waals surface area contributed by atoms with Crippen molar-refractivity contribution in [1.82, 2.24) is 24.9 Å². The lowest BCUT2D eigenvalue weighted by atomic mass is 10.2. The standard InChI is InChI=1S/C18H14N6/c1-2-4-12(5-3-1)16-20-8-13-9-24(10-15(13)23-16)18-14-6-7-19-17(14)21-11-22-18/h1-8,11H,9-10H2,(H,19,21,22). The van der Waals surface area contributed by atoms with Crippen molar-refractivity contribution in [3.8, 4) is 11.4 Å². The molecule has 0 saturated heterocycles.